The van der Waals surface area contributed by atoms with Crippen LogP contribution in [0.15, 0.2) is 0 Å². The molecule has 0 aromatic rings. The van der Waals surface area contributed by atoms with Crippen molar-refractivity contribution in [2.24, 2.45) is 5.92 Å². The van der Waals surface area contributed by atoms with Crippen molar-refractivity contribution in [3.63, 3.8) is 0 Å². The Kier molecular flexibility index (Phi) is 9.53. The Morgan fingerprint density at radius 1 is 1.38 bits per heavy atom. The Morgan fingerprint density at radius 2 is 1.77 bits per heavy atom. The third-order valence-electron chi connectivity index (χ3n) is 1.31. The first-order valence-corrected chi connectivity index (χ1v) is 5.59. The lowest BCUT2D eigenvalue weighted by atomic mass is 10.0. The fourth-order valence-electron chi connectivity index (χ4n) is 0.708. The van der Waals surface area contributed by atoms with Crippen molar-refractivity contribution in [2.45, 2.75) is 33.1 Å². The van der Waals surface area contributed by atoms with Gasteiger partial charge in [-0.2, -0.15) is 5.26 Å². The zero-order chi connectivity index (χ0) is 10.9. The SMILES string of the molecule is CCCC(C#N)CC.O=P(O)(O)O. The lowest BCUT2D eigenvalue weighted by molar-refractivity contribution is 0.275. The quantitative estimate of drug-likeness (QED) is 0.610. The minimum absolute atomic E-state index is 0.306. The van der Waals surface area contributed by atoms with Gasteiger partial charge in [0.05, 0.1) is 6.07 Å². The first-order valence-electron chi connectivity index (χ1n) is 4.03. The molecule has 0 saturated heterocycles. The number of nitriles is 1. The Bertz CT molecular complexity index is 187. The maximum absolute atomic E-state index is 8.88. The minimum atomic E-state index is -4.64. The molecule has 0 rings (SSSR count). The molecule has 0 aliphatic rings. The molecule has 0 saturated carbocycles. The molecule has 3 N–H and O–H groups in total. The highest BCUT2D eigenvalue weighted by Crippen LogP contribution is 2.25. The number of hydrogen-bond donors (Lipinski definition) is 3. The van der Waals surface area contributed by atoms with Gasteiger partial charge in [-0.1, -0.05) is 20.3 Å². The second kappa shape index (κ2) is 8.21. The fourth-order valence-corrected chi connectivity index (χ4v) is 0.708. The molecule has 6 heteroatoms. The third kappa shape index (κ3) is 24.5. The largest absolute Gasteiger partial charge is 0.466 e. The summed E-state index contributed by atoms with van der Waals surface area (Å²) >= 11 is 0. The van der Waals surface area contributed by atoms with E-state index in [1.54, 1.807) is 0 Å². The molecule has 0 heterocycles. The normalized spacial score (nSPS) is 12.3. The van der Waals surface area contributed by atoms with Crippen LogP contribution in [0.3, 0.4) is 0 Å². The maximum Gasteiger partial charge on any atom is 0.466 e. The van der Waals surface area contributed by atoms with Crippen LogP contribution in [0, 0.1) is 17.2 Å². The molecule has 0 fully saturated rings. The van der Waals surface area contributed by atoms with Crippen LogP contribution in [0.2, 0.25) is 0 Å². The van der Waals surface area contributed by atoms with Crippen LogP contribution < -0.4 is 0 Å². The van der Waals surface area contributed by atoms with Crippen LogP contribution in [-0.2, 0) is 4.57 Å². The van der Waals surface area contributed by atoms with Crippen molar-refractivity contribution in [2.75, 3.05) is 0 Å². The Balaban J connectivity index is 0. The van der Waals surface area contributed by atoms with Gasteiger partial charge in [-0.05, 0) is 12.8 Å². The zero-order valence-electron chi connectivity index (χ0n) is 7.84. The average molecular weight is 209 g/mol. The van der Waals surface area contributed by atoms with Gasteiger partial charge in [-0.3, -0.25) is 0 Å². The first-order chi connectivity index (χ1) is 5.85. The molecule has 78 valence electrons. The molecule has 0 aromatic heterocycles. The van der Waals surface area contributed by atoms with Crippen LogP contribution >= 0.6 is 7.82 Å². The molecule has 0 spiro atoms. The summed E-state index contributed by atoms with van der Waals surface area (Å²) < 4.78 is 8.88. The van der Waals surface area contributed by atoms with Crippen molar-refractivity contribution < 1.29 is 19.2 Å². The van der Waals surface area contributed by atoms with Crippen molar-refractivity contribution in [3.05, 3.63) is 0 Å². The zero-order valence-corrected chi connectivity index (χ0v) is 8.74. The molecule has 13 heavy (non-hydrogen) atoms. The van der Waals surface area contributed by atoms with Crippen LogP contribution in [0.1, 0.15) is 33.1 Å². The van der Waals surface area contributed by atoms with Crippen molar-refractivity contribution in [3.8, 4) is 6.07 Å². The van der Waals surface area contributed by atoms with E-state index < -0.39 is 7.82 Å². The third-order valence-corrected chi connectivity index (χ3v) is 1.31. The van der Waals surface area contributed by atoms with E-state index in [-0.39, 0.29) is 0 Å². The molecule has 0 bridgehead atoms. The number of hydrogen-bond acceptors (Lipinski definition) is 2. The molecule has 0 aromatic carbocycles. The summed E-state index contributed by atoms with van der Waals surface area (Å²) in [4.78, 5) is 21.6. The van der Waals surface area contributed by atoms with Crippen LogP contribution in [0.5, 0.6) is 0 Å². The van der Waals surface area contributed by atoms with Gasteiger partial charge >= 0.3 is 7.82 Å². The molecule has 1 unspecified atom stereocenters. The van der Waals surface area contributed by atoms with E-state index >= 15 is 0 Å². The van der Waals surface area contributed by atoms with E-state index in [9.17, 15) is 0 Å². The summed E-state index contributed by atoms with van der Waals surface area (Å²) in [5.41, 5.74) is 0. The smallest absolute Gasteiger partial charge is 0.303 e. The molecule has 0 aliphatic carbocycles. The maximum atomic E-state index is 8.88. The van der Waals surface area contributed by atoms with E-state index in [0.29, 0.717) is 5.92 Å². The molecule has 5 nitrogen and oxygen atoms in total. The van der Waals surface area contributed by atoms with Crippen molar-refractivity contribution >= 4 is 7.82 Å². The summed E-state index contributed by atoms with van der Waals surface area (Å²) in [6.45, 7) is 4.17. The lowest BCUT2D eigenvalue weighted by Crippen LogP contribution is -1.91. The van der Waals surface area contributed by atoms with E-state index in [1.807, 2.05) is 0 Å². The van der Waals surface area contributed by atoms with Gasteiger partial charge in [-0.25, -0.2) is 4.57 Å². The molecule has 0 aliphatic heterocycles. The molecule has 1 atom stereocenters. The molecule has 0 amide bonds. The summed E-state index contributed by atoms with van der Waals surface area (Å²) in [5.74, 6) is 0.306. The Morgan fingerprint density at radius 3 is 1.85 bits per heavy atom. The number of phosphoric acid groups is 1. The van der Waals surface area contributed by atoms with E-state index in [2.05, 4.69) is 19.9 Å². The molecule has 0 radical (unpaired) electrons. The highest BCUT2D eigenvalue weighted by Gasteiger charge is 2.00. The summed E-state index contributed by atoms with van der Waals surface area (Å²) in [7, 11) is -4.64. The van der Waals surface area contributed by atoms with Crippen LogP contribution in [0.4, 0.5) is 0 Å². The van der Waals surface area contributed by atoms with Crippen molar-refractivity contribution in [1.82, 2.24) is 0 Å². The summed E-state index contributed by atoms with van der Waals surface area (Å²) in [5, 5.41) is 8.41. The molecular weight excluding hydrogens is 193 g/mol. The Hall–Kier alpha value is -0.400. The highest BCUT2D eigenvalue weighted by atomic mass is 31.2. The lowest BCUT2D eigenvalue weighted by Gasteiger charge is -1.99. The van der Waals surface area contributed by atoms with Crippen molar-refractivity contribution in [1.29, 1.82) is 5.26 Å². The minimum Gasteiger partial charge on any atom is -0.303 e. The Labute approximate surface area is 78.3 Å². The average Bonchev–Trinajstić information content (AvgIpc) is 1.97. The monoisotopic (exact) mass is 209 g/mol. The summed E-state index contributed by atoms with van der Waals surface area (Å²) in [6, 6.07) is 2.25. The van der Waals surface area contributed by atoms with Gasteiger partial charge in [0.2, 0.25) is 0 Å². The second-order valence-corrected chi connectivity index (χ2v) is 3.56. The number of nitrogens with zero attached hydrogens (tertiary/aromatic N) is 1. The predicted molar refractivity (Wildman–Crippen MR) is 48.6 cm³/mol. The summed E-state index contributed by atoms with van der Waals surface area (Å²) in [6.07, 6.45) is 3.20. The number of rotatable bonds is 3. The van der Waals surface area contributed by atoms with Crippen LogP contribution in [-0.4, -0.2) is 14.7 Å². The van der Waals surface area contributed by atoms with Gasteiger partial charge in [0.15, 0.2) is 0 Å². The van der Waals surface area contributed by atoms with Gasteiger partial charge in [0.1, 0.15) is 0 Å². The highest BCUT2D eigenvalue weighted by molar-refractivity contribution is 7.45. The van der Waals surface area contributed by atoms with Crippen LogP contribution in [0.25, 0.3) is 0 Å². The predicted octanol–water partition coefficient (Wildman–Crippen LogP) is 1.41. The van der Waals surface area contributed by atoms with E-state index in [0.717, 1.165) is 19.3 Å². The second-order valence-electron chi connectivity index (χ2n) is 2.54. The van der Waals surface area contributed by atoms with Gasteiger partial charge in [0, 0.05) is 5.92 Å². The van der Waals surface area contributed by atoms with Gasteiger partial charge in [0.25, 0.3) is 0 Å². The molecular formula is C7H16NO4P. The topological polar surface area (TPSA) is 102 Å². The van der Waals surface area contributed by atoms with E-state index in [1.165, 1.54) is 0 Å². The fraction of sp³-hybridized carbons (Fsp3) is 0.857. The first kappa shape index (κ1) is 15.1. The van der Waals surface area contributed by atoms with Gasteiger partial charge in [-0.15, -0.1) is 0 Å². The standard InChI is InChI=1S/C7H13N.H3O4P/c1-3-5-7(4-2)6-8;1-5(2,3)4/h7H,3-5H2,1-2H3;(H3,1,2,3,4). The van der Waals surface area contributed by atoms with Gasteiger partial charge < -0.3 is 14.7 Å². The van der Waals surface area contributed by atoms with E-state index in [4.69, 9.17) is 24.5 Å².